The first-order valence-electron chi connectivity index (χ1n) is 8.95. The van der Waals surface area contributed by atoms with Crippen molar-refractivity contribution >= 4 is 23.1 Å². The van der Waals surface area contributed by atoms with Crippen LogP contribution in [0.2, 0.25) is 0 Å². The molecule has 0 fully saturated rings. The Balaban J connectivity index is 1.65. The first-order valence-corrected chi connectivity index (χ1v) is 8.95. The zero-order chi connectivity index (χ0) is 19.0. The van der Waals surface area contributed by atoms with Crippen LogP contribution >= 0.6 is 0 Å². The summed E-state index contributed by atoms with van der Waals surface area (Å²) in [5.41, 5.74) is 3.74. The number of hydrogen-bond acceptors (Lipinski definition) is 4. The van der Waals surface area contributed by atoms with Gasteiger partial charge in [-0.1, -0.05) is 18.2 Å². The Morgan fingerprint density at radius 2 is 1.89 bits per heavy atom. The van der Waals surface area contributed by atoms with E-state index in [0.717, 1.165) is 23.6 Å². The lowest BCUT2D eigenvalue weighted by atomic mass is 10.1. The van der Waals surface area contributed by atoms with Crippen LogP contribution in [0.15, 0.2) is 66.9 Å². The second kappa shape index (κ2) is 6.76. The highest BCUT2D eigenvalue weighted by atomic mass is 16.3. The molecule has 5 heteroatoms. The summed E-state index contributed by atoms with van der Waals surface area (Å²) in [6.45, 7) is 2.17. The van der Waals surface area contributed by atoms with Gasteiger partial charge >= 0.3 is 0 Å². The van der Waals surface area contributed by atoms with E-state index in [9.17, 15) is 9.90 Å². The summed E-state index contributed by atoms with van der Waals surface area (Å²) in [7, 11) is 1.72. The van der Waals surface area contributed by atoms with Crippen molar-refractivity contribution in [2.45, 2.75) is 19.4 Å². The van der Waals surface area contributed by atoms with E-state index >= 15 is 0 Å². The highest BCUT2D eigenvalue weighted by Gasteiger charge is 2.28. The van der Waals surface area contributed by atoms with Crippen molar-refractivity contribution in [2.75, 3.05) is 16.8 Å². The number of anilines is 3. The number of benzene rings is 2. The molecule has 27 heavy (non-hydrogen) atoms. The Morgan fingerprint density at radius 3 is 2.67 bits per heavy atom. The maximum Gasteiger partial charge on any atom is 0.258 e. The zero-order valence-corrected chi connectivity index (χ0v) is 15.3. The highest BCUT2D eigenvalue weighted by molar-refractivity contribution is 6.06. The number of hydrogen-bond donors (Lipinski definition) is 1. The van der Waals surface area contributed by atoms with Crippen LogP contribution in [0.3, 0.4) is 0 Å². The maximum atomic E-state index is 12.9. The summed E-state index contributed by atoms with van der Waals surface area (Å²) in [4.78, 5) is 21.2. The van der Waals surface area contributed by atoms with Gasteiger partial charge in [-0.05, 0) is 61.4 Å². The van der Waals surface area contributed by atoms with Crippen LogP contribution in [0.25, 0.3) is 0 Å². The van der Waals surface area contributed by atoms with E-state index in [2.05, 4.69) is 35.0 Å². The predicted octanol–water partition coefficient (Wildman–Crippen LogP) is 4.15. The second-order valence-electron chi connectivity index (χ2n) is 6.84. The van der Waals surface area contributed by atoms with Crippen molar-refractivity contribution in [1.29, 1.82) is 0 Å². The van der Waals surface area contributed by atoms with Crippen LogP contribution in [0.1, 0.15) is 22.8 Å². The minimum atomic E-state index is -0.121. The Bertz CT molecular complexity index is 985. The third kappa shape index (κ3) is 3.12. The molecule has 1 aromatic heterocycles. The number of phenols is 1. The van der Waals surface area contributed by atoms with E-state index in [1.54, 1.807) is 48.5 Å². The average molecular weight is 359 g/mol. The molecular formula is C22H21N3O2. The Morgan fingerprint density at radius 1 is 1.15 bits per heavy atom. The molecule has 0 saturated carbocycles. The Hall–Kier alpha value is -3.34. The number of aromatic hydroxyl groups is 1. The summed E-state index contributed by atoms with van der Waals surface area (Å²) in [6.07, 6.45) is 2.64. The number of nitrogens with zero attached hydrogens (tertiary/aromatic N) is 3. The zero-order valence-electron chi connectivity index (χ0n) is 15.3. The summed E-state index contributed by atoms with van der Waals surface area (Å²) < 4.78 is 0. The SMILES string of the molecule is CC1Cc2ccccc2N1c1cc(C(=O)N(C)c2ccc(O)cc2)ccn1. The molecule has 1 atom stereocenters. The predicted molar refractivity (Wildman–Crippen MR) is 107 cm³/mol. The first-order chi connectivity index (χ1) is 13.0. The van der Waals surface area contributed by atoms with Crippen molar-refractivity contribution in [2.24, 2.45) is 0 Å². The molecule has 2 heterocycles. The normalized spacial score (nSPS) is 15.5. The number of fused-ring (bicyclic) bond motifs is 1. The lowest BCUT2D eigenvalue weighted by Crippen LogP contribution is -2.28. The molecule has 4 rings (SSSR count). The lowest BCUT2D eigenvalue weighted by Gasteiger charge is -2.24. The topological polar surface area (TPSA) is 56.7 Å². The number of amides is 1. The Labute approximate surface area is 158 Å². The van der Waals surface area contributed by atoms with Gasteiger partial charge in [0.2, 0.25) is 0 Å². The number of para-hydroxylation sites is 1. The third-order valence-electron chi connectivity index (χ3n) is 4.99. The number of phenolic OH excluding ortho intramolecular Hbond substituents is 1. The van der Waals surface area contributed by atoms with Crippen molar-refractivity contribution in [3.8, 4) is 5.75 Å². The van der Waals surface area contributed by atoms with E-state index in [0.29, 0.717) is 5.56 Å². The van der Waals surface area contributed by atoms with Gasteiger partial charge in [0, 0.05) is 36.2 Å². The maximum absolute atomic E-state index is 12.9. The average Bonchev–Trinajstić information content (AvgIpc) is 3.03. The highest BCUT2D eigenvalue weighted by Crippen LogP contribution is 2.37. The van der Waals surface area contributed by atoms with Crippen LogP contribution in [-0.2, 0) is 6.42 Å². The molecule has 1 aliphatic heterocycles. The first kappa shape index (κ1) is 17.1. The quantitative estimate of drug-likeness (QED) is 0.763. The largest absolute Gasteiger partial charge is 0.508 e. The van der Waals surface area contributed by atoms with Gasteiger partial charge in [-0.15, -0.1) is 0 Å². The van der Waals surface area contributed by atoms with Gasteiger partial charge in [0.15, 0.2) is 0 Å². The van der Waals surface area contributed by atoms with E-state index in [-0.39, 0.29) is 17.7 Å². The standard InChI is InChI=1S/C22H21N3O2/c1-15-13-16-5-3-4-6-20(16)25(15)21-14-17(11-12-23-21)22(27)24(2)18-7-9-19(26)10-8-18/h3-12,14-15,26H,13H2,1-2H3. The van der Waals surface area contributed by atoms with Crippen molar-refractivity contribution in [1.82, 2.24) is 4.98 Å². The minimum absolute atomic E-state index is 0.121. The van der Waals surface area contributed by atoms with E-state index in [1.165, 1.54) is 5.56 Å². The van der Waals surface area contributed by atoms with Gasteiger partial charge in [0.1, 0.15) is 11.6 Å². The fourth-order valence-electron chi connectivity index (χ4n) is 3.58. The molecule has 0 bridgehead atoms. The molecule has 5 nitrogen and oxygen atoms in total. The summed E-state index contributed by atoms with van der Waals surface area (Å²) >= 11 is 0. The molecule has 1 amide bonds. The molecule has 1 aliphatic rings. The van der Waals surface area contributed by atoms with E-state index in [1.807, 2.05) is 12.1 Å². The van der Waals surface area contributed by atoms with Gasteiger partial charge in [-0.25, -0.2) is 4.98 Å². The van der Waals surface area contributed by atoms with Crippen molar-refractivity contribution in [3.05, 3.63) is 78.0 Å². The van der Waals surface area contributed by atoms with Crippen LogP contribution < -0.4 is 9.80 Å². The third-order valence-corrected chi connectivity index (χ3v) is 4.99. The van der Waals surface area contributed by atoms with Crippen LogP contribution in [0.4, 0.5) is 17.2 Å². The Kier molecular flexibility index (Phi) is 4.28. The van der Waals surface area contributed by atoms with Crippen LogP contribution in [-0.4, -0.2) is 29.1 Å². The summed E-state index contributed by atoms with van der Waals surface area (Å²) in [5, 5.41) is 9.44. The number of carbonyl (C=O) groups excluding carboxylic acids is 1. The molecule has 2 aromatic carbocycles. The fraction of sp³-hybridized carbons (Fsp3) is 0.182. The second-order valence-corrected chi connectivity index (χ2v) is 6.84. The number of carbonyl (C=O) groups is 1. The molecule has 1 N–H and O–H groups in total. The summed E-state index contributed by atoms with van der Waals surface area (Å²) in [5.74, 6) is 0.828. The number of rotatable bonds is 3. The fourth-order valence-corrected chi connectivity index (χ4v) is 3.58. The molecule has 0 saturated heterocycles. The molecule has 136 valence electrons. The number of aromatic nitrogens is 1. The molecule has 0 aliphatic carbocycles. The molecule has 0 spiro atoms. The van der Waals surface area contributed by atoms with Gasteiger partial charge < -0.3 is 14.9 Å². The smallest absolute Gasteiger partial charge is 0.258 e. The molecule has 1 unspecified atom stereocenters. The van der Waals surface area contributed by atoms with E-state index in [4.69, 9.17) is 0 Å². The van der Waals surface area contributed by atoms with Crippen molar-refractivity contribution in [3.63, 3.8) is 0 Å². The lowest BCUT2D eigenvalue weighted by molar-refractivity contribution is 0.0993. The molecule has 0 radical (unpaired) electrons. The van der Waals surface area contributed by atoms with Gasteiger partial charge in [0.05, 0.1) is 0 Å². The number of pyridine rings is 1. The van der Waals surface area contributed by atoms with Crippen LogP contribution in [0.5, 0.6) is 5.75 Å². The molecular weight excluding hydrogens is 338 g/mol. The van der Waals surface area contributed by atoms with E-state index < -0.39 is 0 Å². The minimum Gasteiger partial charge on any atom is -0.508 e. The summed E-state index contributed by atoms with van der Waals surface area (Å²) in [6, 6.07) is 18.7. The van der Waals surface area contributed by atoms with Gasteiger partial charge in [-0.3, -0.25) is 4.79 Å². The molecule has 3 aromatic rings. The van der Waals surface area contributed by atoms with Crippen LogP contribution in [0, 0.1) is 0 Å². The monoisotopic (exact) mass is 359 g/mol. The van der Waals surface area contributed by atoms with Gasteiger partial charge in [-0.2, -0.15) is 0 Å². The van der Waals surface area contributed by atoms with Gasteiger partial charge in [0.25, 0.3) is 5.91 Å². The van der Waals surface area contributed by atoms with Crippen molar-refractivity contribution < 1.29 is 9.90 Å².